The van der Waals surface area contributed by atoms with Crippen molar-refractivity contribution < 1.29 is 14.3 Å². The second-order valence-electron chi connectivity index (χ2n) is 7.22. The van der Waals surface area contributed by atoms with E-state index in [4.69, 9.17) is 4.74 Å². The number of nitrogens with one attached hydrogen (secondary N) is 2. The number of urea groups is 1. The van der Waals surface area contributed by atoms with Gasteiger partial charge in [0.25, 0.3) is 0 Å². The van der Waals surface area contributed by atoms with E-state index in [0.29, 0.717) is 29.5 Å². The molecule has 1 saturated carbocycles. The lowest BCUT2D eigenvalue weighted by atomic mass is 10.0. The van der Waals surface area contributed by atoms with E-state index in [9.17, 15) is 9.59 Å². The molecule has 2 aromatic rings. The number of thioether (sulfide) groups is 1. The quantitative estimate of drug-likeness (QED) is 0.452. The Balaban J connectivity index is 1.57. The first-order valence-electron chi connectivity index (χ1n) is 10.2. The van der Waals surface area contributed by atoms with Crippen molar-refractivity contribution >= 4 is 35.1 Å². The van der Waals surface area contributed by atoms with Crippen molar-refractivity contribution in [3.63, 3.8) is 0 Å². The van der Waals surface area contributed by atoms with Gasteiger partial charge in [-0.05, 0) is 37.6 Å². The largest absolute Gasteiger partial charge is 0.463 e. The van der Waals surface area contributed by atoms with Crippen LogP contribution in [0.3, 0.4) is 0 Å². The number of hydrogen-bond donors (Lipinski definition) is 2. The Morgan fingerprint density at radius 1 is 1.37 bits per heavy atom. The summed E-state index contributed by atoms with van der Waals surface area (Å²) in [5.74, 6) is 0.986. The number of thiophene rings is 1. The van der Waals surface area contributed by atoms with Crippen LogP contribution in [0.1, 0.15) is 49.9 Å². The molecule has 1 unspecified atom stereocenters. The van der Waals surface area contributed by atoms with Crippen LogP contribution in [-0.4, -0.2) is 45.2 Å². The average molecular weight is 448 g/mol. The topological polar surface area (TPSA) is 98.1 Å². The lowest BCUT2D eigenvalue weighted by molar-refractivity contribution is -0.139. The Morgan fingerprint density at radius 3 is 2.87 bits per heavy atom. The standard InChI is InChI=1S/C20H25N5O3S2/c1-3-14-17(18(26)28-4-2)15(22-19(27)21-14)11-30-20-24-23-16(25(20)12-7-8-12)10-13-6-5-9-29-13/h5-6,9,12,14H,3-4,7-8,10-11H2,1-2H3,(H2,21,22,27). The summed E-state index contributed by atoms with van der Waals surface area (Å²) in [5, 5.41) is 17.3. The van der Waals surface area contributed by atoms with Gasteiger partial charge in [0, 0.05) is 28.8 Å². The van der Waals surface area contributed by atoms with Crippen LogP contribution < -0.4 is 10.6 Å². The van der Waals surface area contributed by atoms with Crippen LogP contribution >= 0.6 is 23.1 Å². The van der Waals surface area contributed by atoms with Crippen molar-refractivity contribution in [3.8, 4) is 0 Å². The maximum atomic E-state index is 12.6. The van der Waals surface area contributed by atoms with Crippen LogP contribution in [-0.2, 0) is 16.0 Å². The number of rotatable bonds is 9. The van der Waals surface area contributed by atoms with Crippen LogP contribution in [0.5, 0.6) is 0 Å². The number of ether oxygens (including phenoxy) is 1. The van der Waals surface area contributed by atoms with Crippen LogP contribution in [0.15, 0.2) is 33.9 Å². The Labute approximate surface area is 183 Å². The molecule has 0 spiro atoms. The number of amides is 2. The van der Waals surface area contributed by atoms with Gasteiger partial charge in [-0.25, -0.2) is 9.59 Å². The Kier molecular flexibility index (Phi) is 6.43. The van der Waals surface area contributed by atoms with Crippen molar-refractivity contribution in [1.29, 1.82) is 0 Å². The molecule has 30 heavy (non-hydrogen) atoms. The van der Waals surface area contributed by atoms with Gasteiger partial charge in [-0.1, -0.05) is 24.8 Å². The summed E-state index contributed by atoms with van der Waals surface area (Å²) in [6.45, 7) is 3.99. The third-order valence-electron chi connectivity index (χ3n) is 5.05. The Bertz CT molecular complexity index is 950. The van der Waals surface area contributed by atoms with Gasteiger partial charge in [0.1, 0.15) is 5.82 Å². The third kappa shape index (κ3) is 4.54. The highest BCUT2D eigenvalue weighted by Gasteiger charge is 2.33. The smallest absolute Gasteiger partial charge is 0.337 e. The number of carbonyl (C=O) groups excluding carboxylic acids is 2. The predicted octanol–water partition coefficient (Wildman–Crippen LogP) is 3.27. The number of carbonyl (C=O) groups is 2. The molecule has 0 bridgehead atoms. The molecular formula is C20H25N5O3S2. The Hall–Kier alpha value is -2.33. The molecular weight excluding hydrogens is 422 g/mol. The van der Waals surface area contributed by atoms with Crippen LogP contribution in [0.25, 0.3) is 0 Å². The summed E-state index contributed by atoms with van der Waals surface area (Å²) in [7, 11) is 0. The summed E-state index contributed by atoms with van der Waals surface area (Å²) in [4.78, 5) is 25.9. The van der Waals surface area contributed by atoms with Gasteiger partial charge in [0.2, 0.25) is 0 Å². The monoisotopic (exact) mass is 447 g/mol. The highest BCUT2D eigenvalue weighted by molar-refractivity contribution is 7.99. The van der Waals surface area contributed by atoms with E-state index < -0.39 is 5.97 Å². The van der Waals surface area contributed by atoms with Crippen LogP contribution in [0.2, 0.25) is 0 Å². The van der Waals surface area contributed by atoms with Gasteiger partial charge in [0.05, 0.1) is 18.2 Å². The molecule has 0 saturated heterocycles. The fourth-order valence-corrected chi connectivity index (χ4v) is 5.20. The van der Waals surface area contributed by atoms with Crippen molar-refractivity contribution in [2.24, 2.45) is 0 Å². The fraction of sp³-hybridized carbons (Fsp3) is 0.500. The number of hydrogen-bond acceptors (Lipinski definition) is 7. The SMILES string of the molecule is CCOC(=O)C1=C(CSc2nnc(Cc3cccs3)n2C2CC2)NC(=O)NC1CC. The molecule has 160 valence electrons. The molecule has 1 aliphatic carbocycles. The van der Waals surface area contributed by atoms with E-state index in [0.717, 1.165) is 30.2 Å². The summed E-state index contributed by atoms with van der Waals surface area (Å²) in [5.41, 5.74) is 1.07. The molecule has 1 atom stereocenters. The molecule has 4 rings (SSSR count). The zero-order valence-corrected chi connectivity index (χ0v) is 18.6. The first-order chi connectivity index (χ1) is 14.6. The van der Waals surface area contributed by atoms with E-state index in [1.54, 1.807) is 18.3 Å². The predicted molar refractivity (Wildman–Crippen MR) is 116 cm³/mol. The second kappa shape index (κ2) is 9.22. The summed E-state index contributed by atoms with van der Waals surface area (Å²) in [6.07, 6.45) is 3.62. The van der Waals surface area contributed by atoms with E-state index in [2.05, 4.69) is 36.8 Å². The molecule has 3 heterocycles. The molecule has 10 heteroatoms. The number of nitrogens with zero attached hydrogens (tertiary/aromatic N) is 3. The lowest BCUT2D eigenvalue weighted by Gasteiger charge is -2.28. The maximum Gasteiger partial charge on any atom is 0.337 e. The molecule has 8 nitrogen and oxygen atoms in total. The average Bonchev–Trinajstić information content (AvgIpc) is 3.28. The highest BCUT2D eigenvalue weighted by Crippen LogP contribution is 2.39. The van der Waals surface area contributed by atoms with Crippen LogP contribution in [0.4, 0.5) is 4.79 Å². The molecule has 0 aromatic carbocycles. The molecule has 1 aliphatic heterocycles. The first kappa shape index (κ1) is 20.9. The van der Waals surface area contributed by atoms with Gasteiger partial charge in [-0.2, -0.15) is 0 Å². The fourth-order valence-electron chi connectivity index (χ4n) is 3.51. The summed E-state index contributed by atoms with van der Waals surface area (Å²) >= 11 is 3.21. The maximum absolute atomic E-state index is 12.6. The number of esters is 1. The van der Waals surface area contributed by atoms with Crippen molar-refractivity contribution in [3.05, 3.63) is 39.5 Å². The molecule has 2 amide bonds. The zero-order chi connectivity index (χ0) is 21.1. The van der Waals surface area contributed by atoms with E-state index >= 15 is 0 Å². The van der Waals surface area contributed by atoms with Crippen molar-refractivity contribution in [2.45, 2.75) is 56.8 Å². The van der Waals surface area contributed by atoms with Crippen molar-refractivity contribution in [1.82, 2.24) is 25.4 Å². The molecule has 2 aromatic heterocycles. The minimum atomic E-state index is -0.394. The third-order valence-corrected chi connectivity index (χ3v) is 6.90. The molecule has 0 radical (unpaired) electrons. The van der Waals surface area contributed by atoms with Gasteiger partial charge in [0.15, 0.2) is 5.16 Å². The van der Waals surface area contributed by atoms with Crippen molar-refractivity contribution in [2.75, 3.05) is 12.4 Å². The van der Waals surface area contributed by atoms with E-state index in [-0.39, 0.29) is 18.7 Å². The van der Waals surface area contributed by atoms with Gasteiger partial charge in [-0.15, -0.1) is 21.5 Å². The molecule has 2 N–H and O–H groups in total. The number of aromatic nitrogens is 3. The first-order valence-corrected chi connectivity index (χ1v) is 12.0. The van der Waals surface area contributed by atoms with Gasteiger partial charge >= 0.3 is 12.0 Å². The second-order valence-corrected chi connectivity index (χ2v) is 9.19. The van der Waals surface area contributed by atoms with E-state index in [1.165, 1.54) is 16.6 Å². The van der Waals surface area contributed by atoms with Gasteiger partial charge < -0.3 is 19.9 Å². The van der Waals surface area contributed by atoms with Crippen LogP contribution in [0, 0.1) is 0 Å². The normalized spacial score (nSPS) is 18.9. The van der Waals surface area contributed by atoms with Gasteiger partial charge in [-0.3, -0.25) is 0 Å². The molecule has 2 aliphatic rings. The minimum absolute atomic E-state index is 0.287. The lowest BCUT2D eigenvalue weighted by Crippen LogP contribution is -2.50. The zero-order valence-electron chi connectivity index (χ0n) is 17.0. The Morgan fingerprint density at radius 2 is 2.20 bits per heavy atom. The molecule has 1 fully saturated rings. The minimum Gasteiger partial charge on any atom is -0.463 e. The van der Waals surface area contributed by atoms with E-state index in [1.807, 2.05) is 13.0 Å². The summed E-state index contributed by atoms with van der Waals surface area (Å²) < 4.78 is 7.45. The summed E-state index contributed by atoms with van der Waals surface area (Å²) in [6, 6.07) is 3.93. The highest BCUT2D eigenvalue weighted by atomic mass is 32.2.